The Bertz CT molecular complexity index is 1460. The largest absolute Gasteiger partial charge is 0.463 e. The highest BCUT2D eigenvalue weighted by molar-refractivity contribution is 9.10. The number of hydrogen-bond donors (Lipinski definition) is 0. The van der Waals surface area contributed by atoms with Gasteiger partial charge in [-0.25, -0.2) is 9.79 Å². The van der Waals surface area contributed by atoms with Gasteiger partial charge in [0.2, 0.25) is 5.88 Å². The van der Waals surface area contributed by atoms with Gasteiger partial charge < -0.3 is 18.8 Å². The van der Waals surface area contributed by atoms with E-state index in [0.717, 1.165) is 34.7 Å². The zero-order valence-electron chi connectivity index (χ0n) is 20.0. The van der Waals surface area contributed by atoms with Gasteiger partial charge in [-0.05, 0) is 40.7 Å². The molecule has 0 radical (unpaired) electrons. The molecule has 0 amide bonds. The standard InChI is InChI=1S/C25H26BrN3O5S2/c1-3-6-17-20(24(31)33-4-2)21(18-7-5-12-35-18)29-22(30)19(36-25(29)27-17)14-15-13-16(26)23(34-15)28-8-10-32-11-9-28/h5,7,12-14,21H,3-4,6,8-11H2,1-2H3/b19-14+/t21-/m1/s1. The summed E-state index contributed by atoms with van der Waals surface area (Å²) in [5, 5.41) is 1.95. The van der Waals surface area contributed by atoms with Crippen molar-refractivity contribution in [1.82, 2.24) is 4.57 Å². The normalized spacial score (nSPS) is 18.4. The minimum absolute atomic E-state index is 0.213. The summed E-state index contributed by atoms with van der Waals surface area (Å²) in [6, 6.07) is 5.16. The number of ether oxygens (including phenoxy) is 2. The minimum Gasteiger partial charge on any atom is -0.463 e. The molecule has 11 heteroatoms. The Kier molecular flexibility index (Phi) is 7.61. The maximum atomic E-state index is 13.7. The van der Waals surface area contributed by atoms with Gasteiger partial charge in [0.1, 0.15) is 11.8 Å². The zero-order chi connectivity index (χ0) is 25.2. The van der Waals surface area contributed by atoms with Crippen LogP contribution in [0.1, 0.15) is 43.4 Å². The highest BCUT2D eigenvalue weighted by atomic mass is 79.9. The molecule has 5 rings (SSSR count). The fraction of sp³-hybridized carbons (Fsp3) is 0.400. The van der Waals surface area contributed by atoms with Crippen LogP contribution in [0.2, 0.25) is 0 Å². The molecule has 3 aromatic rings. The number of carbonyl (C=O) groups is 1. The summed E-state index contributed by atoms with van der Waals surface area (Å²) < 4.78 is 19.9. The van der Waals surface area contributed by atoms with Gasteiger partial charge >= 0.3 is 5.97 Å². The van der Waals surface area contributed by atoms with Crippen molar-refractivity contribution in [3.8, 4) is 0 Å². The number of aromatic nitrogens is 1. The molecular formula is C25H26BrN3O5S2. The highest BCUT2D eigenvalue weighted by Gasteiger charge is 2.35. The van der Waals surface area contributed by atoms with Crippen molar-refractivity contribution in [1.29, 1.82) is 0 Å². The molecule has 2 aliphatic heterocycles. The van der Waals surface area contributed by atoms with Gasteiger partial charge in [-0.1, -0.05) is 30.7 Å². The SMILES string of the molecule is CCCC1=C(C(=O)OCC)[C@@H](c2cccs2)n2c(s/c(=C/c3cc(Br)c(N4CCOCC4)o3)c2=O)=N1. The maximum absolute atomic E-state index is 13.7. The predicted octanol–water partition coefficient (Wildman–Crippen LogP) is 3.83. The third-order valence-electron chi connectivity index (χ3n) is 5.96. The van der Waals surface area contributed by atoms with Crippen LogP contribution in [0.25, 0.3) is 6.08 Å². The molecule has 0 spiro atoms. The Hall–Kier alpha value is -2.47. The molecule has 1 atom stereocenters. The molecule has 3 aromatic heterocycles. The third-order valence-corrected chi connectivity index (χ3v) is 8.44. The molecule has 0 bridgehead atoms. The van der Waals surface area contributed by atoms with Gasteiger partial charge in [0.25, 0.3) is 5.56 Å². The molecule has 8 nitrogen and oxygen atoms in total. The van der Waals surface area contributed by atoms with Gasteiger partial charge in [0.15, 0.2) is 4.80 Å². The van der Waals surface area contributed by atoms with Crippen LogP contribution in [0.15, 0.2) is 53.5 Å². The number of halogens is 1. The number of carbonyl (C=O) groups excluding carboxylic acids is 1. The first-order valence-electron chi connectivity index (χ1n) is 11.9. The molecule has 1 fully saturated rings. The van der Waals surface area contributed by atoms with E-state index in [4.69, 9.17) is 18.9 Å². The van der Waals surface area contributed by atoms with E-state index in [-0.39, 0.29) is 12.2 Å². The smallest absolute Gasteiger partial charge is 0.338 e. The van der Waals surface area contributed by atoms with Crippen LogP contribution in [0.4, 0.5) is 5.88 Å². The second-order valence-electron chi connectivity index (χ2n) is 8.33. The molecule has 5 heterocycles. The number of esters is 1. The zero-order valence-corrected chi connectivity index (χ0v) is 23.2. The van der Waals surface area contributed by atoms with Crippen molar-refractivity contribution in [3.05, 3.63) is 69.6 Å². The number of fused-ring (bicyclic) bond motifs is 1. The van der Waals surface area contributed by atoms with Crippen LogP contribution in [0.5, 0.6) is 0 Å². The molecular weight excluding hydrogens is 566 g/mol. The number of thiazole rings is 1. The van der Waals surface area contributed by atoms with Crippen LogP contribution < -0.4 is 19.8 Å². The third kappa shape index (κ3) is 4.77. The molecule has 1 saturated heterocycles. The summed E-state index contributed by atoms with van der Waals surface area (Å²) in [6.45, 7) is 6.85. The summed E-state index contributed by atoms with van der Waals surface area (Å²) in [6.07, 6.45) is 3.19. The van der Waals surface area contributed by atoms with Crippen LogP contribution in [-0.4, -0.2) is 43.4 Å². The monoisotopic (exact) mass is 591 g/mol. The summed E-state index contributed by atoms with van der Waals surface area (Å²) in [4.78, 5) is 35.2. The van der Waals surface area contributed by atoms with Gasteiger partial charge in [0, 0.05) is 30.1 Å². The van der Waals surface area contributed by atoms with Gasteiger partial charge in [-0.3, -0.25) is 9.36 Å². The molecule has 36 heavy (non-hydrogen) atoms. The predicted molar refractivity (Wildman–Crippen MR) is 143 cm³/mol. The molecule has 0 unspecified atom stereocenters. The number of nitrogens with zero attached hydrogens (tertiary/aromatic N) is 3. The van der Waals surface area contributed by atoms with E-state index in [9.17, 15) is 9.59 Å². The second-order valence-corrected chi connectivity index (χ2v) is 11.2. The van der Waals surface area contributed by atoms with Crippen molar-refractivity contribution in [3.63, 3.8) is 0 Å². The second kappa shape index (κ2) is 10.9. The fourth-order valence-electron chi connectivity index (χ4n) is 4.40. The lowest BCUT2D eigenvalue weighted by atomic mass is 9.99. The van der Waals surface area contributed by atoms with Crippen molar-refractivity contribution in [2.45, 2.75) is 32.7 Å². The topological polar surface area (TPSA) is 86.3 Å². The lowest BCUT2D eigenvalue weighted by molar-refractivity contribution is -0.139. The minimum atomic E-state index is -0.573. The van der Waals surface area contributed by atoms with Crippen LogP contribution in [-0.2, 0) is 14.3 Å². The molecule has 0 aromatic carbocycles. The highest BCUT2D eigenvalue weighted by Crippen LogP contribution is 2.35. The Morgan fingerprint density at radius 2 is 2.14 bits per heavy atom. The number of thiophene rings is 1. The fourth-order valence-corrected chi connectivity index (χ4v) is 6.78. The lowest BCUT2D eigenvalue weighted by Crippen LogP contribution is -2.39. The van der Waals surface area contributed by atoms with E-state index in [1.807, 2.05) is 30.5 Å². The number of allylic oxidation sites excluding steroid dienone is 1. The van der Waals surface area contributed by atoms with Crippen molar-refractivity contribution in [2.24, 2.45) is 4.99 Å². The van der Waals surface area contributed by atoms with Gasteiger partial charge in [-0.15, -0.1) is 11.3 Å². The number of rotatable bonds is 7. The average Bonchev–Trinajstić information content (AvgIpc) is 3.60. The van der Waals surface area contributed by atoms with Crippen molar-refractivity contribution >= 4 is 56.5 Å². The van der Waals surface area contributed by atoms with Gasteiger partial charge in [0.05, 0.1) is 40.1 Å². The molecule has 0 aliphatic carbocycles. The Morgan fingerprint density at radius 3 is 2.83 bits per heavy atom. The first-order valence-corrected chi connectivity index (χ1v) is 14.4. The van der Waals surface area contributed by atoms with Crippen molar-refractivity contribution in [2.75, 3.05) is 37.8 Å². The average molecular weight is 593 g/mol. The molecule has 2 aliphatic rings. The summed E-state index contributed by atoms with van der Waals surface area (Å²) in [5.41, 5.74) is 0.905. The first-order chi connectivity index (χ1) is 17.5. The number of furan rings is 1. The Balaban J connectivity index is 1.63. The van der Waals surface area contributed by atoms with E-state index in [1.54, 1.807) is 17.6 Å². The number of morpholine rings is 1. The maximum Gasteiger partial charge on any atom is 0.338 e. The number of hydrogen-bond acceptors (Lipinski definition) is 9. The molecule has 190 valence electrons. The van der Waals surface area contributed by atoms with E-state index in [1.165, 1.54) is 22.7 Å². The van der Waals surface area contributed by atoms with Crippen LogP contribution in [0.3, 0.4) is 0 Å². The van der Waals surface area contributed by atoms with E-state index < -0.39 is 12.0 Å². The molecule has 0 saturated carbocycles. The van der Waals surface area contributed by atoms with Crippen LogP contribution in [0, 0.1) is 0 Å². The summed E-state index contributed by atoms with van der Waals surface area (Å²) >= 11 is 6.40. The Morgan fingerprint density at radius 1 is 1.33 bits per heavy atom. The lowest BCUT2D eigenvalue weighted by Gasteiger charge is -2.26. The number of anilines is 1. The van der Waals surface area contributed by atoms with E-state index in [0.29, 0.717) is 46.0 Å². The summed E-state index contributed by atoms with van der Waals surface area (Å²) in [7, 11) is 0. The van der Waals surface area contributed by atoms with E-state index >= 15 is 0 Å². The van der Waals surface area contributed by atoms with Gasteiger partial charge in [-0.2, -0.15) is 0 Å². The molecule has 0 N–H and O–H groups in total. The Labute approximate surface area is 224 Å². The van der Waals surface area contributed by atoms with E-state index in [2.05, 4.69) is 20.8 Å². The first kappa shape index (κ1) is 25.2. The van der Waals surface area contributed by atoms with Crippen LogP contribution >= 0.6 is 38.6 Å². The van der Waals surface area contributed by atoms with Crippen molar-refractivity contribution < 1.29 is 18.7 Å². The summed E-state index contributed by atoms with van der Waals surface area (Å²) in [5.74, 6) is 0.866. The quantitative estimate of drug-likeness (QED) is 0.388.